The molecule has 2 atom stereocenters. The van der Waals surface area contributed by atoms with E-state index in [9.17, 15) is 19.5 Å². The van der Waals surface area contributed by atoms with Crippen LogP contribution in [0.3, 0.4) is 0 Å². The Bertz CT molecular complexity index is 1140. The lowest BCUT2D eigenvalue weighted by atomic mass is 10.0. The first-order valence-corrected chi connectivity index (χ1v) is 29.9. The average molecular weight is 980 g/mol. The van der Waals surface area contributed by atoms with E-state index < -0.39 is 24.3 Å². The minimum absolute atomic E-state index is 0.177. The number of unbranched alkanes of at least 4 members (excludes halogenated alkanes) is 39. The Kier molecular flexibility index (Phi) is 50.9. The number of esters is 2. The highest BCUT2D eigenvalue weighted by molar-refractivity contribution is 5.71. The molecule has 2 unspecified atom stereocenters. The van der Waals surface area contributed by atoms with Gasteiger partial charge in [-0.3, -0.25) is 9.59 Å². The summed E-state index contributed by atoms with van der Waals surface area (Å²) in [5.74, 6) is -1.99. The summed E-state index contributed by atoms with van der Waals surface area (Å²) >= 11 is 0. The summed E-state index contributed by atoms with van der Waals surface area (Å²) in [6.07, 6.45) is 57.2. The zero-order valence-corrected chi connectivity index (χ0v) is 46.5. The van der Waals surface area contributed by atoms with Crippen LogP contribution in [0.15, 0.2) is 12.2 Å². The van der Waals surface area contributed by atoms with Crippen LogP contribution in [0.4, 0.5) is 0 Å². The van der Waals surface area contributed by atoms with E-state index in [0.717, 1.165) is 51.4 Å². The number of ether oxygens (including phenoxy) is 4. The summed E-state index contributed by atoms with van der Waals surface area (Å²) in [7, 11) is 5.98. The van der Waals surface area contributed by atoms with Gasteiger partial charge in [-0.15, -0.1) is 0 Å². The molecule has 0 rings (SSSR count). The summed E-state index contributed by atoms with van der Waals surface area (Å²) < 4.78 is 22.9. The molecule has 0 saturated heterocycles. The molecule has 0 aliphatic rings. The van der Waals surface area contributed by atoms with Crippen molar-refractivity contribution in [2.24, 2.45) is 0 Å². The van der Waals surface area contributed by atoms with E-state index in [1.807, 2.05) is 21.1 Å². The molecule has 0 fully saturated rings. The Morgan fingerprint density at radius 3 is 1.07 bits per heavy atom. The van der Waals surface area contributed by atoms with Crippen LogP contribution in [0, 0.1) is 0 Å². The minimum Gasteiger partial charge on any atom is -0.477 e. The fourth-order valence-corrected chi connectivity index (χ4v) is 8.89. The van der Waals surface area contributed by atoms with Crippen LogP contribution in [0.25, 0.3) is 0 Å². The van der Waals surface area contributed by atoms with Crippen LogP contribution in [-0.2, 0) is 33.3 Å². The van der Waals surface area contributed by atoms with Crippen molar-refractivity contribution in [3.63, 3.8) is 0 Å². The SMILES string of the molecule is CCCCCCCCC/C=C\CCCCCCCCCC(=O)OC(COC(=O)CCCCCCCCCCCCCCCCCCCCCCCCCCCC)COC(OCC[N+](C)(C)C)C(=O)O. The number of hydrogen-bond acceptors (Lipinski definition) is 7. The number of carboxylic acids is 1. The number of rotatable bonds is 56. The lowest BCUT2D eigenvalue weighted by Gasteiger charge is -2.25. The fourth-order valence-electron chi connectivity index (χ4n) is 8.89. The van der Waals surface area contributed by atoms with Gasteiger partial charge in [0.15, 0.2) is 6.10 Å². The molecule has 0 aromatic carbocycles. The largest absolute Gasteiger partial charge is 0.477 e. The van der Waals surface area contributed by atoms with E-state index in [1.54, 1.807) is 0 Å². The van der Waals surface area contributed by atoms with Crippen molar-refractivity contribution in [3.05, 3.63) is 12.2 Å². The number of nitrogens with zero attached hydrogens (tertiary/aromatic N) is 1. The van der Waals surface area contributed by atoms with Crippen molar-refractivity contribution in [1.82, 2.24) is 0 Å². The summed E-state index contributed by atoms with van der Waals surface area (Å²) in [5.41, 5.74) is 0. The van der Waals surface area contributed by atoms with Gasteiger partial charge >= 0.3 is 17.9 Å². The fraction of sp³-hybridized carbons (Fsp3) is 0.917. The Labute approximate surface area is 427 Å². The predicted molar refractivity (Wildman–Crippen MR) is 291 cm³/mol. The molecule has 0 amide bonds. The molecule has 0 radical (unpaired) electrons. The number of aliphatic carboxylic acids is 1. The van der Waals surface area contributed by atoms with Crippen molar-refractivity contribution in [3.8, 4) is 0 Å². The van der Waals surface area contributed by atoms with Gasteiger partial charge < -0.3 is 28.5 Å². The van der Waals surface area contributed by atoms with E-state index in [-0.39, 0.29) is 32.2 Å². The maximum absolute atomic E-state index is 12.9. The third-order valence-corrected chi connectivity index (χ3v) is 13.5. The van der Waals surface area contributed by atoms with Crippen molar-refractivity contribution >= 4 is 17.9 Å². The first kappa shape index (κ1) is 67.0. The number of quaternary nitrogens is 1. The Balaban J connectivity index is 4.15. The summed E-state index contributed by atoms with van der Waals surface area (Å²) in [4.78, 5) is 37.4. The lowest BCUT2D eigenvalue weighted by molar-refractivity contribution is -0.870. The Morgan fingerprint density at radius 1 is 0.420 bits per heavy atom. The quantitative estimate of drug-likeness (QED) is 0.0211. The van der Waals surface area contributed by atoms with Crippen molar-refractivity contribution in [2.75, 3.05) is 47.5 Å². The lowest BCUT2D eigenvalue weighted by Crippen LogP contribution is -2.40. The molecular formula is C60H116NO8+. The molecule has 1 N–H and O–H groups in total. The third-order valence-electron chi connectivity index (χ3n) is 13.5. The van der Waals surface area contributed by atoms with E-state index in [4.69, 9.17) is 18.9 Å². The molecule has 0 aromatic heterocycles. The van der Waals surface area contributed by atoms with E-state index in [0.29, 0.717) is 17.4 Å². The van der Waals surface area contributed by atoms with Crippen LogP contribution in [0.1, 0.15) is 296 Å². The number of hydrogen-bond donors (Lipinski definition) is 1. The normalized spacial score (nSPS) is 12.8. The van der Waals surface area contributed by atoms with Crippen LogP contribution in [-0.4, -0.2) is 87.4 Å². The highest BCUT2D eigenvalue weighted by atomic mass is 16.7. The van der Waals surface area contributed by atoms with E-state index in [2.05, 4.69) is 26.0 Å². The van der Waals surface area contributed by atoms with Gasteiger partial charge in [-0.1, -0.05) is 257 Å². The van der Waals surface area contributed by atoms with Crippen LogP contribution in [0.5, 0.6) is 0 Å². The summed E-state index contributed by atoms with van der Waals surface area (Å²) in [6.45, 7) is 4.93. The molecule has 0 spiro atoms. The highest BCUT2D eigenvalue weighted by Gasteiger charge is 2.25. The molecule has 0 saturated carbocycles. The van der Waals surface area contributed by atoms with Gasteiger partial charge in [-0.25, -0.2) is 4.79 Å². The number of likely N-dealkylation sites (N-methyl/N-ethyl adjacent to an activating group) is 1. The Morgan fingerprint density at radius 2 is 0.739 bits per heavy atom. The molecule has 9 nitrogen and oxygen atoms in total. The van der Waals surface area contributed by atoms with Crippen LogP contribution >= 0.6 is 0 Å². The first-order valence-electron chi connectivity index (χ1n) is 29.9. The maximum atomic E-state index is 12.9. The molecule has 0 aliphatic carbocycles. The van der Waals surface area contributed by atoms with Crippen LogP contribution in [0.2, 0.25) is 0 Å². The van der Waals surface area contributed by atoms with Crippen LogP contribution < -0.4 is 0 Å². The number of carboxylic acid groups (broad SMARTS) is 1. The van der Waals surface area contributed by atoms with E-state index in [1.165, 1.54) is 218 Å². The summed E-state index contributed by atoms with van der Waals surface area (Å²) in [5, 5.41) is 9.70. The van der Waals surface area contributed by atoms with Gasteiger partial charge in [0, 0.05) is 12.8 Å². The van der Waals surface area contributed by atoms with Gasteiger partial charge in [-0.2, -0.15) is 0 Å². The zero-order valence-electron chi connectivity index (χ0n) is 46.5. The second-order valence-corrected chi connectivity index (χ2v) is 21.7. The molecule has 0 aromatic rings. The monoisotopic (exact) mass is 979 g/mol. The van der Waals surface area contributed by atoms with Crippen molar-refractivity contribution in [2.45, 2.75) is 309 Å². The molecule has 9 heteroatoms. The standard InChI is InChI=1S/C60H115NO8/c1-6-8-10-12-14-16-18-20-22-24-26-27-28-29-30-31-32-33-35-36-38-40-42-44-46-48-50-57(62)67-54-56(55-68-60(59(64)65)66-53-52-61(3,4)5)69-58(63)51-49-47-45-43-41-39-37-34-25-23-21-19-17-15-13-11-9-7-2/h23,25,56,60H,6-22,24,26-55H2,1-5H3/p+1/b25-23-. The molecule has 408 valence electrons. The topological polar surface area (TPSA) is 108 Å². The number of allylic oxidation sites excluding steroid dienone is 2. The van der Waals surface area contributed by atoms with Gasteiger partial charge in [0.1, 0.15) is 13.2 Å². The minimum atomic E-state index is -1.51. The van der Waals surface area contributed by atoms with Gasteiger partial charge in [0.05, 0.1) is 34.4 Å². The zero-order chi connectivity index (χ0) is 50.6. The predicted octanol–water partition coefficient (Wildman–Crippen LogP) is 17.4. The molecule has 0 aliphatic heterocycles. The maximum Gasteiger partial charge on any atom is 0.361 e. The van der Waals surface area contributed by atoms with Gasteiger partial charge in [0.25, 0.3) is 6.29 Å². The molecule has 69 heavy (non-hydrogen) atoms. The Hall–Kier alpha value is -1.97. The molecular weight excluding hydrogens is 863 g/mol. The van der Waals surface area contributed by atoms with Gasteiger partial charge in [-0.05, 0) is 38.5 Å². The highest BCUT2D eigenvalue weighted by Crippen LogP contribution is 2.18. The number of carbonyl (C=O) groups excluding carboxylic acids is 2. The second-order valence-electron chi connectivity index (χ2n) is 21.7. The smallest absolute Gasteiger partial charge is 0.361 e. The molecule has 0 heterocycles. The van der Waals surface area contributed by atoms with Gasteiger partial charge in [0.2, 0.25) is 0 Å². The average Bonchev–Trinajstić information content (AvgIpc) is 3.31. The first-order chi connectivity index (χ1) is 33.6. The van der Waals surface area contributed by atoms with Crippen molar-refractivity contribution in [1.29, 1.82) is 0 Å². The second kappa shape index (κ2) is 52.4. The summed E-state index contributed by atoms with van der Waals surface area (Å²) in [6, 6.07) is 0. The van der Waals surface area contributed by atoms with E-state index >= 15 is 0 Å². The third kappa shape index (κ3) is 53.7. The number of carbonyl (C=O) groups is 3. The van der Waals surface area contributed by atoms with Crippen molar-refractivity contribution < 1.29 is 42.9 Å². The molecule has 0 bridgehead atoms.